The largest absolute Gasteiger partial charge is 0.494 e. The minimum Gasteiger partial charge on any atom is -0.494 e. The van der Waals surface area contributed by atoms with E-state index in [-0.39, 0.29) is 5.70 Å². The van der Waals surface area contributed by atoms with Gasteiger partial charge in [0.15, 0.2) is 5.13 Å². The van der Waals surface area contributed by atoms with Crippen molar-refractivity contribution in [2.45, 2.75) is 0 Å². The first-order chi connectivity index (χ1) is 11.0. The first kappa shape index (κ1) is 16.6. The number of ether oxygens (including phenoxy) is 3. The van der Waals surface area contributed by atoms with E-state index >= 15 is 0 Å². The molecule has 3 N–H and O–H groups in total. The summed E-state index contributed by atoms with van der Waals surface area (Å²) in [6.45, 7) is 0. The molecule has 0 saturated carbocycles. The van der Waals surface area contributed by atoms with Gasteiger partial charge in [0.25, 0.3) is 0 Å². The summed E-state index contributed by atoms with van der Waals surface area (Å²) in [5.41, 5.74) is 6.77. The monoisotopic (exact) mass is 337 g/mol. The summed E-state index contributed by atoms with van der Waals surface area (Å²) in [5.74, 6) is -0.911. The Balaban J connectivity index is 2.43. The first-order valence-corrected chi connectivity index (χ1v) is 7.19. The second-order valence-electron chi connectivity index (χ2n) is 4.28. The summed E-state index contributed by atoms with van der Waals surface area (Å²) in [6.07, 6.45) is 1.00. The molecule has 1 aromatic heterocycles. The number of nitrogen functional groups attached to an aromatic ring is 1. The van der Waals surface area contributed by atoms with Crippen LogP contribution in [0.4, 0.5) is 10.8 Å². The predicted molar refractivity (Wildman–Crippen MR) is 86.3 cm³/mol. The number of nitrogens with one attached hydrogen (secondary N) is 1. The van der Waals surface area contributed by atoms with E-state index in [2.05, 4.69) is 19.8 Å². The molecule has 122 valence electrons. The standard InChI is InChI=1S/C14H15N3O5S/c1-20-9-4-7(5-10-12(9)17-14(15)23-10)16-8(13(19)22-3)6-11(18)21-2/h4-6,16H,1-3H3,(H2,15,17)/b8-6+. The number of methoxy groups -OCH3 is 3. The van der Waals surface area contributed by atoms with Crippen LogP contribution in [0.5, 0.6) is 5.75 Å². The molecule has 0 fully saturated rings. The lowest BCUT2D eigenvalue weighted by molar-refractivity contribution is -0.138. The lowest BCUT2D eigenvalue weighted by Crippen LogP contribution is -2.15. The molecule has 1 aromatic carbocycles. The number of rotatable bonds is 5. The molecule has 0 amide bonds. The van der Waals surface area contributed by atoms with Crippen molar-refractivity contribution in [2.75, 3.05) is 32.4 Å². The Morgan fingerprint density at radius 1 is 1.26 bits per heavy atom. The number of benzene rings is 1. The second kappa shape index (κ2) is 6.97. The van der Waals surface area contributed by atoms with Gasteiger partial charge in [0.2, 0.25) is 0 Å². The van der Waals surface area contributed by atoms with E-state index in [1.165, 1.54) is 32.7 Å². The summed E-state index contributed by atoms with van der Waals surface area (Å²) in [7, 11) is 3.92. The van der Waals surface area contributed by atoms with Crippen molar-refractivity contribution in [3.63, 3.8) is 0 Å². The summed E-state index contributed by atoms with van der Waals surface area (Å²) in [5, 5.41) is 3.21. The van der Waals surface area contributed by atoms with Crippen LogP contribution in [0.2, 0.25) is 0 Å². The zero-order valence-corrected chi connectivity index (χ0v) is 13.5. The Labute approximate surface area is 135 Å². The van der Waals surface area contributed by atoms with Crippen molar-refractivity contribution in [1.82, 2.24) is 4.98 Å². The summed E-state index contributed by atoms with van der Waals surface area (Å²) in [4.78, 5) is 27.3. The third-order valence-corrected chi connectivity index (χ3v) is 3.68. The lowest BCUT2D eigenvalue weighted by atomic mass is 10.2. The van der Waals surface area contributed by atoms with E-state index < -0.39 is 11.9 Å². The average Bonchev–Trinajstić information content (AvgIpc) is 2.92. The Bertz CT molecular complexity index is 784. The van der Waals surface area contributed by atoms with Gasteiger partial charge in [0.05, 0.1) is 32.1 Å². The van der Waals surface area contributed by atoms with Crippen molar-refractivity contribution < 1.29 is 23.8 Å². The van der Waals surface area contributed by atoms with Crippen LogP contribution in [0.15, 0.2) is 23.9 Å². The van der Waals surface area contributed by atoms with Gasteiger partial charge in [-0.25, -0.2) is 14.6 Å². The lowest BCUT2D eigenvalue weighted by Gasteiger charge is -2.10. The Kier molecular flexibility index (Phi) is 5.02. The van der Waals surface area contributed by atoms with E-state index in [1.807, 2.05) is 0 Å². The molecule has 23 heavy (non-hydrogen) atoms. The van der Waals surface area contributed by atoms with Crippen LogP contribution >= 0.6 is 11.3 Å². The highest BCUT2D eigenvalue weighted by Gasteiger charge is 2.15. The molecule has 0 aliphatic carbocycles. The predicted octanol–water partition coefficient (Wildman–Crippen LogP) is 1.53. The Hall–Kier alpha value is -2.81. The van der Waals surface area contributed by atoms with Crippen LogP contribution in [-0.4, -0.2) is 38.3 Å². The number of thiazole rings is 1. The van der Waals surface area contributed by atoms with Gasteiger partial charge in [-0.15, -0.1) is 0 Å². The molecule has 2 aromatic rings. The fourth-order valence-electron chi connectivity index (χ4n) is 1.83. The maximum Gasteiger partial charge on any atom is 0.354 e. The Morgan fingerprint density at radius 2 is 2.00 bits per heavy atom. The van der Waals surface area contributed by atoms with Crippen LogP contribution in [0.25, 0.3) is 10.2 Å². The number of hydrogen-bond donors (Lipinski definition) is 2. The fourth-order valence-corrected chi connectivity index (χ4v) is 2.62. The van der Waals surface area contributed by atoms with Gasteiger partial charge in [0, 0.05) is 11.8 Å². The number of fused-ring (bicyclic) bond motifs is 1. The summed E-state index contributed by atoms with van der Waals surface area (Å²) in [6, 6.07) is 3.37. The van der Waals surface area contributed by atoms with Crippen molar-refractivity contribution in [1.29, 1.82) is 0 Å². The number of carbonyl (C=O) groups is 2. The van der Waals surface area contributed by atoms with E-state index in [1.54, 1.807) is 12.1 Å². The molecule has 0 radical (unpaired) electrons. The van der Waals surface area contributed by atoms with E-state index in [9.17, 15) is 9.59 Å². The van der Waals surface area contributed by atoms with E-state index in [0.717, 1.165) is 10.8 Å². The molecule has 0 atom stereocenters. The maximum absolute atomic E-state index is 11.8. The van der Waals surface area contributed by atoms with E-state index in [4.69, 9.17) is 10.5 Å². The fraction of sp³-hybridized carbons (Fsp3) is 0.214. The minimum absolute atomic E-state index is 0.0711. The zero-order valence-electron chi connectivity index (χ0n) is 12.7. The average molecular weight is 337 g/mol. The number of anilines is 2. The quantitative estimate of drug-likeness (QED) is 0.624. The topological polar surface area (TPSA) is 113 Å². The number of aromatic nitrogens is 1. The number of nitrogens with zero attached hydrogens (tertiary/aromatic N) is 1. The molecule has 0 unspecified atom stereocenters. The van der Waals surface area contributed by atoms with Crippen molar-refractivity contribution in [2.24, 2.45) is 0 Å². The van der Waals surface area contributed by atoms with Crippen molar-refractivity contribution >= 4 is 44.3 Å². The molecule has 0 spiro atoms. The van der Waals surface area contributed by atoms with Crippen LogP contribution in [0.1, 0.15) is 0 Å². The highest BCUT2D eigenvalue weighted by atomic mass is 32.1. The maximum atomic E-state index is 11.8. The molecule has 0 bridgehead atoms. The summed E-state index contributed by atoms with van der Waals surface area (Å²) >= 11 is 1.27. The van der Waals surface area contributed by atoms with Crippen molar-refractivity contribution in [3.05, 3.63) is 23.9 Å². The molecule has 0 aliphatic rings. The normalized spacial score (nSPS) is 11.2. The number of esters is 2. The van der Waals surface area contributed by atoms with Gasteiger partial charge in [-0.1, -0.05) is 11.3 Å². The van der Waals surface area contributed by atoms with Gasteiger partial charge >= 0.3 is 11.9 Å². The van der Waals surface area contributed by atoms with Crippen LogP contribution in [-0.2, 0) is 19.1 Å². The molecule has 8 nitrogen and oxygen atoms in total. The van der Waals surface area contributed by atoms with E-state index in [0.29, 0.717) is 22.1 Å². The third-order valence-electron chi connectivity index (χ3n) is 2.84. The first-order valence-electron chi connectivity index (χ1n) is 6.37. The van der Waals surface area contributed by atoms with Gasteiger partial charge in [-0.3, -0.25) is 0 Å². The number of nitrogens with two attached hydrogens (primary N) is 1. The number of carbonyl (C=O) groups excluding carboxylic acids is 2. The summed E-state index contributed by atoms with van der Waals surface area (Å²) < 4.78 is 15.2. The zero-order chi connectivity index (χ0) is 17.0. The molecular weight excluding hydrogens is 322 g/mol. The molecule has 2 rings (SSSR count). The highest BCUT2D eigenvalue weighted by molar-refractivity contribution is 7.22. The molecule has 9 heteroatoms. The highest BCUT2D eigenvalue weighted by Crippen LogP contribution is 2.34. The second-order valence-corrected chi connectivity index (χ2v) is 5.34. The third kappa shape index (κ3) is 3.69. The van der Waals surface area contributed by atoms with Crippen LogP contribution in [0.3, 0.4) is 0 Å². The van der Waals surface area contributed by atoms with Gasteiger partial charge in [0.1, 0.15) is 17.0 Å². The molecular formula is C14H15N3O5S. The molecule has 0 saturated heterocycles. The van der Waals surface area contributed by atoms with Crippen LogP contribution < -0.4 is 15.8 Å². The Morgan fingerprint density at radius 3 is 2.61 bits per heavy atom. The SMILES string of the molecule is COC(=O)/C=C(/Nc1cc(OC)c2nc(N)sc2c1)C(=O)OC. The van der Waals surface area contributed by atoms with Gasteiger partial charge in [-0.05, 0) is 6.07 Å². The van der Waals surface area contributed by atoms with Gasteiger partial charge in [-0.2, -0.15) is 0 Å². The molecule has 1 heterocycles. The molecule has 0 aliphatic heterocycles. The number of hydrogen-bond acceptors (Lipinski definition) is 9. The minimum atomic E-state index is -0.710. The van der Waals surface area contributed by atoms with Gasteiger partial charge < -0.3 is 25.3 Å². The van der Waals surface area contributed by atoms with Crippen molar-refractivity contribution in [3.8, 4) is 5.75 Å². The van der Waals surface area contributed by atoms with Crippen LogP contribution in [0, 0.1) is 0 Å². The smallest absolute Gasteiger partial charge is 0.354 e.